The lowest BCUT2D eigenvalue weighted by Gasteiger charge is -2.04. The van der Waals surface area contributed by atoms with Crippen LogP contribution in [0.5, 0.6) is 0 Å². The van der Waals surface area contributed by atoms with Gasteiger partial charge in [0.05, 0.1) is 5.69 Å². The third-order valence-corrected chi connectivity index (χ3v) is 2.55. The summed E-state index contributed by atoms with van der Waals surface area (Å²) in [6.07, 6.45) is 0.531. The molecule has 0 saturated carbocycles. The molecule has 2 aromatic rings. The predicted molar refractivity (Wildman–Crippen MR) is 61.9 cm³/mol. The van der Waals surface area contributed by atoms with Crippen LogP contribution in [-0.4, -0.2) is 26.1 Å². The molecule has 17 heavy (non-hydrogen) atoms. The molecule has 0 spiro atoms. The van der Waals surface area contributed by atoms with Crippen LogP contribution in [0.1, 0.15) is 28.7 Å². The quantitative estimate of drug-likeness (QED) is 0.867. The molecule has 0 bridgehead atoms. The lowest BCUT2D eigenvalue weighted by Crippen LogP contribution is -2.08. The average Bonchev–Trinajstić information content (AvgIpc) is 2.73. The van der Waals surface area contributed by atoms with Crippen molar-refractivity contribution in [3.05, 3.63) is 47.3 Å². The summed E-state index contributed by atoms with van der Waals surface area (Å²) in [4.78, 5) is 11.0. The molecule has 0 aliphatic rings. The molecule has 5 heteroatoms. The van der Waals surface area contributed by atoms with Crippen LogP contribution in [0.4, 0.5) is 0 Å². The van der Waals surface area contributed by atoms with Gasteiger partial charge in [-0.2, -0.15) is 0 Å². The lowest BCUT2D eigenvalue weighted by molar-refractivity contribution is 0.0689. The Hall–Kier alpha value is -2.17. The van der Waals surface area contributed by atoms with Gasteiger partial charge in [0.1, 0.15) is 0 Å². The maximum absolute atomic E-state index is 11.0. The standard InChI is InChI=1S/C12H13N3O2/c1-2-15-10(11(12(16)17)13-14-15)8-9-6-4-3-5-7-9/h3-7H,2,8H2,1H3,(H,16,17). The van der Waals surface area contributed by atoms with Gasteiger partial charge in [-0.25, -0.2) is 9.48 Å². The van der Waals surface area contributed by atoms with E-state index < -0.39 is 5.97 Å². The van der Waals surface area contributed by atoms with Gasteiger partial charge < -0.3 is 5.11 Å². The summed E-state index contributed by atoms with van der Waals surface area (Å²) in [6.45, 7) is 2.53. The highest BCUT2D eigenvalue weighted by Crippen LogP contribution is 2.12. The fourth-order valence-electron chi connectivity index (χ4n) is 1.72. The molecule has 0 aliphatic carbocycles. The first-order valence-electron chi connectivity index (χ1n) is 5.42. The van der Waals surface area contributed by atoms with E-state index in [-0.39, 0.29) is 5.69 Å². The number of carboxylic acids is 1. The second kappa shape index (κ2) is 4.78. The molecule has 1 aromatic heterocycles. The SMILES string of the molecule is CCn1nnc(C(=O)O)c1Cc1ccccc1. The highest BCUT2D eigenvalue weighted by Gasteiger charge is 2.18. The van der Waals surface area contributed by atoms with Gasteiger partial charge in [-0.1, -0.05) is 35.5 Å². The normalized spacial score (nSPS) is 10.4. The lowest BCUT2D eigenvalue weighted by atomic mass is 10.1. The Kier molecular flexibility index (Phi) is 3.18. The second-order valence-corrected chi connectivity index (χ2v) is 3.67. The molecule has 1 heterocycles. The van der Waals surface area contributed by atoms with Crippen molar-refractivity contribution in [1.29, 1.82) is 0 Å². The van der Waals surface area contributed by atoms with E-state index >= 15 is 0 Å². The molecular weight excluding hydrogens is 218 g/mol. The third kappa shape index (κ3) is 2.33. The molecule has 0 unspecified atom stereocenters. The Morgan fingerprint density at radius 1 is 1.35 bits per heavy atom. The van der Waals surface area contributed by atoms with E-state index in [0.29, 0.717) is 18.7 Å². The van der Waals surface area contributed by atoms with E-state index in [2.05, 4.69) is 10.3 Å². The van der Waals surface area contributed by atoms with Crippen molar-refractivity contribution in [3.63, 3.8) is 0 Å². The summed E-state index contributed by atoms with van der Waals surface area (Å²) in [5, 5.41) is 16.6. The minimum Gasteiger partial charge on any atom is -0.476 e. The minimum absolute atomic E-state index is 0.0377. The van der Waals surface area contributed by atoms with E-state index in [9.17, 15) is 4.79 Å². The van der Waals surface area contributed by atoms with E-state index in [4.69, 9.17) is 5.11 Å². The van der Waals surface area contributed by atoms with Crippen molar-refractivity contribution in [2.45, 2.75) is 19.9 Å². The molecular formula is C12H13N3O2. The smallest absolute Gasteiger partial charge is 0.358 e. The van der Waals surface area contributed by atoms with Crippen LogP contribution < -0.4 is 0 Å². The van der Waals surface area contributed by atoms with Gasteiger partial charge >= 0.3 is 5.97 Å². The van der Waals surface area contributed by atoms with Gasteiger partial charge in [0.25, 0.3) is 0 Å². The number of aromatic nitrogens is 3. The van der Waals surface area contributed by atoms with E-state index in [1.807, 2.05) is 37.3 Å². The first-order chi connectivity index (χ1) is 8.22. The monoisotopic (exact) mass is 231 g/mol. The van der Waals surface area contributed by atoms with Crippen molar-refractivity contribution < 1.29 is 9.90 Å². The Balaban J connectivity index is 2.37. The van der Waals surface area contributed by atoms with Crippen LogP contribution in [0.15, 0.2) is 30.3 Å². The number of carbonyl (C=O) groups is 1. The van der Waals surface area contributed by atoms with Crippen LogP contribution >= 0.6 is 0 Å². The molecule has 0 amide bonds. The highest BCUT2D eigenvalue weighted by atomic mass is 16.4. The Morgan fingerprint density at radius 2 is 2.06 bits per heavy atom. The fourth-order valence-corrected chi connectivity index (χ4v) is 1.72. The molecule has 1 N–H and O–H groups in total. The van der Waals surface area contributed by atoms with E-state index in [1.165, 1.54) is 0 Å². The maximum atomic E-state index is 11.0. The molecule has 0 saturated heterocycles. The van der Waals surface area contributed by atoms with Crippen LogP contribution in [0.2, 0.25) is 0 Å². The van der Waals surface area contributed by atoms with Crippen LogP contribution in [0, 0.1) is 0 Å². The topological polar surface area (TPSA) is 68.0 Å². The summed E-state index contributed by atoms with van der Waals surface area (Å²) in [6, 6.07) is 9.69. The fraction of sp³-hybridized carbons (Fsp3) is 0.250. The first kappa shape index (κ1) is 11.3. The Bertz CT molecular complexity index is 520. The largest absolute Gasteiger partial charge is 0.476 e. The molecule has 1 aromatic carbocycles. The van der Waals surface area contributed by atoms with Crippen molar-refractivity contribution in [1.82, 2.24) is 15.0 Å². The molecule has 0 aliphatic heterocycles. The summed E-state index contributed by atoms with van der Waals surface area (Å²) < 4.78 is 1.62. The van der Waals surface area contributed by atoms with Crippen LogP contribution in [0.25, 0.3) is 0 Å². The molecule has 0 radical (unpaired) electrons. The van der Waals surface area contributed by atoms with Gasteiger partial charge in [-0.05, 0) is 12.5 Å². The zero-order valence-electron chi connectivity index (χ0n) is 9.50. The van der Waals surface area contributed by atoms with Gasteiger partial charge in [-0.3, -0.25) is 0 Å². The van der Waals surface area contributed by atoms with Gasteiger partial charge in [0.2, 0.25) is 0 Å². The maximum Gasteiger partial charge on any atom is 0.358 e. The van der Waals surface area contributed by atoms with Gasteiger partial charge in [0, 0.05) is 13.0 Å². The predicted octanol–water partition coefficient (Wildman–Crippen LogP) is 1.59. The number of benzene rings is 1. The Labute approximate surface area is 98.7 Å². The number of hydrogen-bond acceptors (Lipinski definition) is 3. The van der Waals surface area contributed by atoms with Gasteiger partial charge in [-0.15, -0.1) is 5.10 Å². The average molecular weight is 231 g/mol. The van der Waals surface area contributed by atoms with Crippen molar-refractivity contribution in [2.75, 3.05) is 0 Å². The Morgan fingerprint density at radius 3 is 2.65 bits per heavy atom. The first-order valence-corrected chi connectivity index (χ1v) is 5.42. The number of aromatic carboxylic acids is 1. The number of aryl methyl sites for hydroxylation is 1. The molecule has 5 nitrogen and oxygen atoms in total. The van der Waals surface area contributed by atoms with E-state index in [0.717, 1.165) is 5.56 Å². The molecule has 88 valence electrons. The number of carboxylic acid groups (broad SMARTS) is 1. The van der Waals surface area contributed by atoms with Gasteiger partial charge in [0.15, 0.2) is 5.69 Å². The number of rotatable bonds is 4. The summed E-state index contributed by atoms with van der Waals surface area (Å²) in [5.41, 5.74) is 1.73. The minimum atomic E-state index is -1.03. The molecule has 2 rings (SSSR count). The summed E-state index contributed by atoms with van der Waals surface area (Å²) in [5.74, 6) is -1.03. The van der Waals surface area contributed by atoms with Crippen LogP contribution in [-0.2, 0) is 13.0 Å². The number of hydrogen-bond donors (Lipinski definition) is 1. The zero-order valence-corrected chi connectivity index (χ0v) is 9.50. The summed E-state index contributed by atoms with van der Waals surface area (Å²) in [7, 11) is 0. The van der Waals surface area contributed by atoms with E-state index in [1.54, 1.807) is 4.68 Å². The van der Waals surface area contributed by atoms with Crippen LogP contribution in [0.3, 0.4) is 0 Å². The summed E-state index contributed by atoms with van der Waals surface area (Å²) >= 11 is 0. The van der Waals surface area contributed by atoms with Crippen molar-refractivity contribution in [3.8, 4) is 0 Å². The third-order valence-electron chi connectivity index (χ3n) is 2.55. The number of nitrogens with zero attached hydrogens (tertiary/aromatic N) is 3. The highest BCUT2D eigenvalue weighted by molar-refractivity contribution is 5.86. The second-order valence-electron chi connectivity index (χ2n) is 3.67. The molecule has 0 atom stereocenters. The van der Waals surface area contributed by atoms with Crippen molar-refractivity contribution >= 4 is 5.97 Å². The molecule has 0 fully saturated rings. The zero-order chi connectivity index (χ0) is 12.3. The van der Waals surface area contributed by atoms with Crippen molar-refractivity contribution in [2.24, 2.45) is 0 Å².